The zero-order valence-electron chi connectivity index (χ0n) is 11.9. The fourth-order valence-electron chi connectivity index (χ4n) is 1.89. The Labute approximate surface area is 113 Å². The topological polar surface area (TPSA) is 12.0 Å². The molecular formula is C15H22F3N. The highest BCUT2D eigenvalue weighted by Crippen LogP contribution is 2.32. The van der Waals surface area contributed by atoms with E-state index in [2.05, 4.69) is 19.2 Å². The van der Waals surface area contributed by atoms with Crippen LogP contribution in [-0.2, 0) is 11.6 Å². The van der Waals surface area contributed by atoms with E-state index in [-0.39, 0.29) is 5.41 Å². The molecule has 1 rings (SSSR count). The Morgan fingerprint density at radius 2 is 1.68 bits per heavy atom. The molecular weight excluding hydrogens is 251 g/mol. The molecule has 0 fully saturated rings. The number of alkyl halides is 3. The Kier molecular flexibility index (Phi) is 5.02. The van der Waals surface area contributed by atoms with Crippen LogP contribution >= 0.6 is 0 Å². The van der Waals surface area contributed by atoms with Crippen LogP contribution in [-0.4, -0.2) is 13.1 Å². The van der Waals surface area contributed by atoms with Crippen molar-refractivity contribution in [3.63, 3.8) is 0 Å². The van der Waals surface area contributed by atoms with Gasteiger partial charge >= 0.3 is 6.18 Å². The average Bonchev–Trinajstić information content (AvgIpc) is 2.27. The lowest BCUT2D eigenvalue weighted by molar-refractivity contribution is -0.137. The highest BCUT2D eigenvalue weighted by atomic mass is 19.4. The van der Waals surface area contributed by atoms with E-state index < -0.39 is 11.7 Å². The molecule has 0 atom stereocenters. The summed E-state index contributed by atoms with van der Waals surface area (Å²) in [4.78, 5) is 0. The van der Waals surface area contributed by atoms with Crippen LogP contribution in [0.25, 0.3) is 0 Å². The molecule has 1 aromatic rings. The van der Waals surface area contributed by atoms with Gasteiger partial charge in [0.1, 0.15) is 0 Å². The van der Waals surface area contributed by atoms with Gasteiger partial charge in [0.2, 0.25) is 0 Å². The number of nitrogens with one attached hydrogen (secondary N) is 1. The van der Waals surface area contributed by atoms with Crippen molar-refractivity contribution in [3.8, 4) is 0 Å². The Balaban J connectivity index is 2.83. The second kappa shape index (κ2) is 5.95. The van der Waals surface area contributed by atoms with Crippen LogP contribution in [0.4, 0.5) is 13.2 Å². The van der Waals surface area contributed by atoms with E-state index in [9.17, 15) is 13.2 Å². The van der Waals surface area contributed by atoms with Gasteiger partial charge in [0.15, 0.2) is 0 Å². The zero-order valence-corrected chi connectivity index (χ0v) is 11.9. The second-order valence-electron chi connectivity index (χ2n) is 5.99. The van der Waals surface area contributed by atoms with E-state index in [1.165, 1.54) is 12.1 Å². The summed E-state index contributed by atoms with van der Waals surface area (Å²) in [6.45, 7) is 9.63. The first-order chi connectivity index (χ1) is 8.63. The van der Waals surface area contributed by atoms with Gasteiger partial charge in [0, 0.05) is 12.0 Å². The standard InChI is InChI=1S/C15H22F3N/c1-11(2)9-19-10-14(3,4)12-6-5-7-13(8-12)15(16,17)18/h5-8,11,19H,9-10H2,1-4H3. The van der Waals surface area contributed by atoms with Crippen LogP contribution in [0.15, 0.2) is 24.3 Å². The van der Waals surface area contributed by atoms with Gasteiger partial charge in [-0.2, -0.15) is 13.2 Å². The monoisotopic (exact) mass is 273 g/mol. The molecule has 0 aliphatic rings. The molecule has 19 heavy (non-hydrogen) atoms. The minimum absolute atomic E-state index is 0.323. The number of hydrogen-bond donors (Lipinski definition) is 1. The van der Waals surface area contributed by atoms with E-state index >= 15 is 0 Å². The van der Waals surface area contributed by atoms with Crippen molar-refractivity contribution in [1.82, 2.24) is 5.32 Å². The Bertz CT molecular complexity index is 408. The molecule has 0 saturated heterocycles. The average molecular weight is 273 g/mol. The molecule has 0 unspecified atom stereocenters. The van der Waals surface area contributed by atoms with Crippen molar-refractivity contribution in [1.29, 1.82) is 0 Å². The zero-order chi connectivity index (χ0) is 14.7. The van der Waals surface area contributed by atoms with Gasteiger partial charge < -0.3 is 5.32 Å². The third-order valence-corrected chi connectivity index (χ3v) is 3.09. The lowest BCUT2D eigenvalue weighted by Gasteiger charge is -2.27. The smallest absolute Gasteiger partial charge is 0.316 e. The van der Waals surface area contributed by atoms with Crippen LogP contribution < -0.4 is 5.32 Å². The fourth-order valence-corrected chi connectivity index (χ4v) is 1.89. The molecule has 0 aromatic heterocycles. The molecule has 0 radical (unpaired) electrons. The largest absolute Gasteiger partial charge is 0.416 e. The molecule has 1 N–H and O–H groups in total. The number of rotatable bonds is 5. The van der Waals surface area contributed by atoms with Gasteiger partial charge in [-0.15, -0.1) is 0 Å². The predicted molar refractivity (Wildman–Crippen MR) is 72.2 cm³/mol. The highest BCUT2D eigenvalue weighted by molar-refractivity contribution is 5.31. The Hall–Kier alpha value is -1.03. The summed E-state index contributed by atoms with van der Waals surface area (Å²) in [6.07, 6.45) is -4.28. The van der Waals surface area contributed by atoms with Crippen LogP contribution in [0.1, 0.15) is 38.8 Å². The van der Waals surface area contributed by atoms with Crippen LogP contribution in [0.5, 0.6) is 0 Å². The van der Waals surface area contributed by atoms with Crippen molar-refractivity contribution in [2.24, 2.45) is 5.92 Å². The lowest BCUT2D eigenvalue weighted by atomic mass is 9.83. The van der Waals surface area contributed by atoms with Gasteiger partial charge in [-0.05, 0) is 24.1 Å². The molecule has 0 spiro atoms. The van der Waals surface area contributed by atoms with Gasteiger partial charge in [-0.25, -0.2) is 0 Å². The molecule has 0 aliphatic carbocycles. The molecule has 4 heteroatoms. The van der Waals surface area contributed by atoms with Crippen molar-refractivity contribution in [2.45, 2.75) is 39.3 Å². The first kappa shape index (κ1) is 16.0. The van der Waals surface area contributed by atoms with Gasteiger partial charge in [-0.3, -0.25) is 0 Å². The van der Waals surface area contributed by atoms with E-state index in [0.29, 0.717) is 18.0 Å². The minimum atomic E-state index is -4.28. The maximum absolute atomic E-state index is 12.7. The maximum Gasteiger partial charge on any atom is 0.416 e. The molecule has 0 saturated carbocycles. The summed E-state index contributed by atoms with van der Waals surface area (Å²) < 4.78 is 38.1. The molecule has 0 amide bonds. The SMILES string of the molecule is CC(C)CNCC(C)(C)c1cccc(C(F)(F)F)c1. The lowest BCUT2D eigenvalue weighted by Crippen LogP contribution is -2.35. The molecule has 1 aromatic carbocycles. The molecule has 0 bridgehead atoms. The molecule has 0 aliphatic heterocycles. The number of benzene rings is 1. The summed E-state index contributed by atoms with van der Waals surface area (Å²) in [6, 6.07) is 5.59. The van der Waals surface area contributed by atoms with Crippen LogP contribution in [0.3, 0.4) is 0 Å². The van der Waals surface area contributed by atoms with Crippen LogP contribution in [0.2, 0.25) is 0 Å². The highest BCUT2D eigenvalue weighted by Gasteiger charge is 2.32. The minimum Gasteiger partial charge on any atom is -0.316 e. The Morgan fingerprint density at radius 3 is 2.21 bits per heavy atom. The maximum atomic E-state index is 12.7. The van der Waals surface area contributed by atoms with Crippen molar-refractivity contribution in [3.05, 3.63) is 35.4 Å². The molecule has 0 heterocycles. The third-order valence-electron chi connectivity index (χ3n) is 3.09. The number of halogens is 3. The van der Waals surface area contributed by atoms with E-state index in [1.54, 1.807) is 6.07 Å². The van der Waals surface area contributed by atoms with Gasteiger partial charge in [0.25, 0.3) is 0 Å². The van der Waals surface area contributed by atoms with E-state index in [4.69, 9.17) is 0 Å². The molecule has 108 valence electrons. The third kappa shape index (κ3) is 4.86. The Morgan fingerprint density at radius 1 is 1.11 bits per heavy atom. The van der Waals surface area contributed by atoms with E-state index in [1.807, 2.05) is 13.8 Å². The normalized spacial score (nSPS) is 13.1. The van der Waals surface area contributed by atoms with Gasteiger partial charge in [-0.1, -0.05) is 45.9 Å². The summed E-state index contributed by atoms with van der Waals surface area (Å²) in [7, 11) is 0. The summed E-state index contributed by atoms with van der Waals surface area (Å²) >= 11 is 0. The summed E-state index contributed by atoms with van der Waals surface area (Å²) in [5.41, 5.74) is -0.198. The van der Waals surface area contributed by atoms with Gasteiger partial charge in [0.05, 0.1) is 5.56 Å². The first-order valence-electron chi connectivity index (χ1n) is 6.51. The predicted octanol–water partition coefficient (Wildman–Crippen LogP) is 4.23. The van der Waals surface area contributed by atoms with Crippen molar-refractivity contribution >= 4 is 0 Å². The van der Waals surface area contributed by atoms with Crippen LogP contribution in [0, 0.1) is 5.92 Å². The molecule has 1 nitrogen and oxygen atoms in total. The van der Waals surface area contributed by atoms with E-state index in [0.717, 1.165) is 12.6 Å². The summed E-state index contributed by atoms with van der Waals surface area (Å²) in [5.74, 6) is 0.525. The number of hydrogen-bond acceptors (Lipinski definition) is 1. The second-order valence-corrected chi connectivity index (χ2v) is 5.99. The van der Waals surface area contributed by atoms with Crippen molar-refractivity contribution in [2.75, 3.05) is 13.1 Å². The summed E-state index contributed by atoms with van der Waals surface area (Å²) in [5, 5.41) is 3.30. The fraction of sp³-hybridized carbons (Fsp3) is 0.600. The first-order valence-corrected chi connectivity index (χ1v) is 6.51. The van der Waals surface area contributed by atoms with Crippen molar-refractivity contribution < 1.29 is 13.2 Å². The quantitative estimate of drug-likeness (QED) is 0.846.